The topological polar surface area (TPSA) is 48.0 Å². The highest BCUT2D eigenvalue weighted by Gasteiger charge is 2.36. The molecule has 0 bridgehead atoms. The zero-order chi connectivity index (χ0) is 14.6. The van der Waals surface area contributed by atoms with Crippen molar-refractivity contribution in [1.82, 2.24) is 23.9 Å². The minimum absolute atomic E-state index is 0.0435. The summed E-state index contributed by atoms with van der Waals surface area (Å²) < 4.78 is 30.5. The molecule has 0 saturated heterocycles. The van der Waals surface area contributed by atoms with Crippen LogP contribution in [0.25, 0.3) is 16.9 Å². The van der Waals surface area contributed by atoms with E-state index in [0.29, 0.717) is 24.3 Å². The maximum atomic E-state index is 13.4. The highest BCUT2D eigenvalue weighted by molar-refractivity contribution is 6.28. The molecule has 0 aliphatic heterocycles. The molecule has 0 unspecified atom stereocenters. The number of aromatic nitrogens is 5. The van der Waals surface area contributed by atoms with E-state index < -0.39 is 5.92 Å². The van der Waals surface area contributed by atoms with Crippen LogP contribution in [0.1, 0.15) is 31.7 Å². The van der Waals surface area contributed by atoms with Gasteiger partial charge in [0, 0.05) is 31.3 Å². The van der Waals surface area contributed by atoms with Gasteiger partial charge in [0.25, 0.3) is 0 Å². The van der Waals surface area contributed by atoms with Crippen LogP contribution in [0.4, 0.5) is 8.78 Å². The molecule has 3 heterocycles. The quantitative estimate of drug-likeness (QED) is 0.646. The van der Waals surface area contributed by atoms with Crippen molar-refractivity contribution in [2.24, 2.45) is 0 Å². The third kappa shape index (κ3) is 1.98. The summed E-state index contributed by atoms with van der Waals surface area (Å²) in [6, 6.07) is -0.0435. The summed E-state index contributed by atoms with van der Waals surface area (Å²) in [6.45, 7) is 0. The molecule has 4 rings (SSSR count). The lowest BCUT2D eigenvalue weighted by Gasteiger charge is -2.29. The van der Waals surface area contributed by atoms with Crippen LogP contribution < -0.4 is 0 Å². The molecule has 0 N–H and O–H groups in total. The lowest BCUT2D eigenvalue weighted by Crippen LogP contribution is -2.26. The number of hydrogen-bond acceptors (Lipinski definition) is 3. The van der Waals surface area contributed by atoms with Crippen molar-refractivity contribution in [2.75, 3.05) is 0 Å². The first-order chi connectivity index (χ1) is 10.1. The Balaban J connectivity index is 1.89. The maximum Gasteiger partial charge on any atom is 0.248 e. The Morgan fingerprint density at radius 2 is 2.00 bits per heavy atom. The predicted molar refractivity (Wildman–Crippen MR) is 73.7 cm³/mol. The Bertz CT molecular complexity index is 815. The molecule has 0 spiro atoms. The van der Waals surface area contributed by atoms with Crippen LogP contribution in [0.3, 0.4) is 0 Å². The largest absolute Gasteiger partial charge is 0.291 e. The van der Waals surface area contributed by atoms with Crippen molar-refractivity contribution < 1.29 is 8.78 Å². The average Bonchev–Trinajstić information content (AvgIpc) is 2.99. The van der Waals surface area contributed by atoms with Gasteiger partial charge >= 0.3 is 0 Å². The molecule has 3 aromatic rings. The van der Waals surface area contributed by atoms with E-state index in [1.54, 1.807) is 12.4 Å². The van der Waals surface area contributed by atoms with Crippen molar-refractivity contribution in [2.45, 2.75) is 37.6 Å². The Morgan fingerprint density at radius 1 is 1.24 bits per heavy atom. The van der Waals surface area contributed by atoms with Crippen molar-refractivity contribution in [3.05, 3.63) is 23.9 Å². The Labute approximate surface area is 123 Å². The van der Waals surface area contributed by atoms with Crippen LogP contribution in [0.15, 0.2) is 18.6 Å². The molecule has 5 nitrogen and oxygen atoms in total. The van der Waals surface area contributed by atoms with E-state index in [1.807, 2.05) is 15.2 Å². The number of halogens is 3. The van der Waals surface area contributed by atoms with Gasteiger partial charge in [-0.05, 0) is 24.4 Å². The number of nitrogens with zero attached hydrogens (tertiary/aromatic N) is 5. The van der Waals surface area contributed by atoms with Crippen LogP contribution >= 0.6 is 11.6 Å². The highest BCUT2D eigenvalue weighted by atomic mass is 35.5. The Kier molecular flexibility index (Phi) is 2.69. The lowest BCUT2D eigenvalue weighted by molar-refractivity contribution is -0.0433. The SMILES string of the molecule is FC1(F)CCC(n2c3nc(Cl)ncc3n3ccnc23)CC1. The third-order valence-corrected chi connectivity index (χ3v) is 4.28. The second-order valence-electron chi connectivity index (χ2n) is 5.40. The first-order valence-electron chi connectivity index (χ1n) is 6.78. The second kappa shape index (κ2) is 4.37. The van der Waals surface area contributed by atoms with Gasteiger partial charge in [0.1, 0.15) is 5.52 Å². The molecule has 110 valence electrons. The zero-order valence-corrected chi connectivity index (χ0v) is 11.8. The molecule has 1 fully saturated rings. The molecule has 8 heteroatoms. The van der Waals surface area contributed by atoms with Crippen molar-refractivity contribution in [1.29, 1.82) is 0 Å². The van der Waals surface area contributed by atoms with Crippen LogP contribution in [0.5, 0.6) is 0 Å². The molecular weight excluding hydrogens is 300 g/mol. The molecule has 1 saturated carbocycles. The Morgan fingerprint density at radius 3 is 2.76 bits per heavy atom. The zero-order valence-electron chi connectivity index (χ0n) is 11.0. The fourth-order valence-corrected chi connectivity index (χ4v) is 3.20. The van der Waals surface area contributed by atoms with Gasteiger partial charge in [-0.25, -0.2) is 18.7 Å². The van der Waals surface area contributed by atoms with E-state index in [1.165, 1.54) is 0 Å². The normalized spacial score (nSPS) is 19.6. The van der Waals surface area contributed by atoms with E-state index in [2.05, 4.69) is 15.0 Å². The van der Waals surface area contributed by atoms with Crippen LogP contribution in [0, 0.1) is 0 Å². The van der Waals surface area contributed by atoms with Gasteiger partial charge in [-0.1, -0.05) is 0 Å². The van der Waals surface area contributed by atoms with Crippen LogP contribution in [-0.4, -0.2) is 29.8 Å². The van der Waals surface area contributed by atoms with Crippen molar-refractivity contribution >= 4 is 28.5 Å². The fraction of sp³-hybridized carbons (Fsp3) is 0.462. The predicted octanol–water partition coefficient (Wildman–Crippen LogP) is 3.48. The monoisotopic (exact) mass is 311 g/mol. The van der Waals surface area contributed by atoms with E-state index in [-0.39, 0.29) is 24.2 Å². The van der Waals surface area contributed by atoms with E-state index in [9.17, 15) is 8.78 Å². The molecule has 0 atom stereocenters. The van der Waals surface area contributed by atoms with E-state index in [4.69, 9.17) is 11.6 Å². The molecular formula is C13H12ClF2N5. The molecule has 3 aromatic heterocycles. The molecule has 0 radical (unpaired) electrons. The van der Waals surface area contributed by atoms with Crippen LogP contribution in [-0.2, 0) is 0 Å². The van der Waals surface area contributed by atoms with Gasteiger partial charge in [-0.15, -0.1) is 0 Å². The summed E-state index contributed by atoms with van der Waals surface area (Å²) in [5, 5.41) is 0.144. The van der Waals surface area contributed by atoms with Crippen LogP contribution in [0.2, 0.25) is 5.28 Å². The van der Waals surface area contributed by atoms with Gasteiger partial charge in [0.2, 0.25) is 17.0 Å². The first-order valence-corrected chi connectivity index (χ1v) is 7.16. The van der Waals surface area contributed by atoms with Gasteiger partial charge in [0.15, 0.2) is 5.65 Å². The first kappa shape index (κ1) is 12.9. The smallest absolute Gasteiger partial charge is 0.248 e. The minimum atomic E-state index is -2.56. The van der Waals surface area contributed by atoms with Gasteiger partial charge in [0.05, 0.1) is 6.20 Å². The number of imidazole rings is 2. The summed E-state index contributed by atoms with van der Waals surface area (Å²) >= 11 is 5.88. The molecule has 1 aliphatic carbocycles. The summed E-state index contributed by atoms with van der Waals surface area (Å²) in [5.41, 5.74) is 1.43. The standard InChI is InChI=1S/C13H12ClF2N5/c14-11-18-7-9-10(19-11)21(12-17-5-6-20(9)12)8-1-3-13(15,16)4-2-8/h5-8H,1-4H2. The average molecular weight is 312 g/mol. The Hall–Kier alpha value is -1.76. The highest BCUT2D eigenvalue weighted by Crippen LogP contribution is 2.40. The summed E-state index contributed by atoms with van der Waals surface area (Å²) in [5.74, 6) is -1.87. The van der Waals surface area contributed by atoms with E-state index >= 15 is 0 Å². The molecule has 0 aromatic carbocycles. The van der Waals surface area contributed by atoms with Gasteiger partial charge < -0.3 is 0 Å². The summed E-state index contributed by atoms with van der Waals surface area (Å²) in [7, 11) is 0. The van der Waals surface area contributed by atoms with E-state index in [0.717, 1.165) is 5.52 Å². The van der Waals surface area contributed by atoms with Crippen molar-refractivity contribution in [3.63, 3.8) is 0 Å². The number of alkyl halides is 2. The molecule has 21 heavy (non-hydrogen) atoms. The second-order valence-corrected chi connectivity index (χ2v) is 5.74. The summed E-state index contributed by atoms with van der Waals surface area (Å²) in [4.78, 5) is 12.6. The lowest BCUT2D eigenvalue weighted by atomic mass is 9.92. The van der Waals surface area contributed by atoms with Gasteiger partial charge in [-0.2, -0.15) is 4.98 Å². The fourth-order valence-electron chi connectivity index (χ4n) is 3.07. The molecule has 1 aliphatic rings. The summed E-state index contributed by atoms with van der Waals surface area (Å²) in [6.07, 6.45) is 5.71. The third-order valence-electron chi connectivity index (χ3n) is 4.10. The number of hydrogen-bond donors (Lipinski definition) is 0. The van der Waals surface area contributed by atoms with Crippen molar-refractivity contribution in [3.8, 4) is 0 Å². The number of fused-ring (bicyclic) bond motifs is 3. The van der Waals surface area contributed by atoms with Gasteiger partial charge in [-0.3, -0.25) is 8.97 Å². The maximum absolute atomic E-state index is 13.4. The minimum Gasteiger partial charge on any atom is -0.291 e. The number of rotatable bonds is 1. The molecule has 0 amide bonds.